The number of para-hydroxylation sites is 1. The summed E-state index contributed by atoms with van der Waals surface area (Å²) in [7, 11) is 3.46. The lowest BCUT2D eigenvalue weighted by Crippen LogP contribution is -2.21. The van der Waals surface area contributed by atoms with Crippen LogP contribution in [-0.4, -0.2) is 47.2 Å². The van der Waals surface area contributed by atoms with E-state index in [4.69, 9.17) is 0 Å². The van der Waals surface area contributed by atoms with Crippen LogP contribution in [0.5, 0.6) is 11.5 Å². The van der Waals surface area contributed by atoms with Crippen LogP contribution < -0.4 is 5.43 Å². The third-order valence-electron chi connectivity index (χ3n) is 4.69. The summed E-state index contributed by atoms with van der Waals surface area (Å²) in [6.07, 6.45) is 1.46. The number of benzene rings is 3. The molecule has 0 atom stereocenters. The second-order valence-electron chi connectivity index (χ2n) is 7.14. The van der Waals surface area contributed by atoms with Crippen LogP contribution in [0.1, 0.15) is 38.8 Å². The van der Waals surface area contributed by atoms with Crippen molar-refractivity contribution in [3.05, 3.63) is 70.8 Å². The van der Waals surface area contributed by atoms with Gasteiger partial charge in [-0.2, -0.15) is 5.10 Å². The molecule has 31 heavy (non-hydrogen) atoms. The number of nitrogens with zero attached hydrogens (tertiary/aromatic N) is 2. The van der Waals surface area contributed by atoms with Crippen LogP contribution in [0.15, 0.2) is 53.6 Å². The van der Waals surface area contributed by atoms with Crippen LogP contribution in [0.3, 0.4) is 0 Å². The summed E-state index contributed by atoms with van der Waals surface area (Å²) in [6.45, 7) is 5.29. The van der Waals surface area contributed by atoms with Crippen LogP contribution in [0.2, 0.25) is 0 Å². The molecular weight excluding hydrogens is 394 g/mol. The van der Waals surface area contributed by atoms with Gasteiger partial charge >= 0.3 is 0 Å². The molecule has 0 bridgehead atoms. The van der Waals surface area contributed by atoms with Gasteiger partial charge in [0.05, 0.1) is 5.56 Å². The van der Waals surface area contributed by atoms with Gasteiger partial charge in [-0.15, -0.1) is 0 Å². The standard InChI is InChI=1S/C14H15NO2.C10H12N2O2/c1-9-12-6-4-11(14(17)15(2)3)8-10(12)5-7-13(9)16;1-3-11-12-10(14)8-6-4-5-7(2)9(8)13/h4-8,16H,1-3H3;3-6,13H,1-2H3,(H,12,14)/b;11-3-. The van der Waals surface area contributed by atoms with Crippen molar-refractivity contribution in [2.75, 3.05) is 14.1 Å². The molecule has 0 heterocycles. The summed E-state index contributed by atoms with van der Waals surface area (Å²) in [6, 6.07) is 14.0. The first-order valence-electron chi connectivity index (χ1n) is 9.68. The van der Waals surface area contributed by atoms with Crippen LogP contribution >= 0.6 is 0 Å². The Morgan fingerprint density at radius 3 is 2.39 bits per heavy atom. The highest BCUT2D eigenvalue weighted by Gasteiger charge is 2.11. The fraction of sp³-hybridized carbons (Fsp3) is 0.208. The summed E-state index contributed by atoms with van der Waals surface area (Å²) >= 11 is 0. The molecular formula is C24H27N3O4. The second-order valence-corrected chi connectivity index (χ2v) is 7.14. The van der Waals surface area contributed by atoms with Gasteiger partial charge in [-0.25, -0.2) is 5.43 Å². The van der Waals surface area contributed by atoms with E-state index in [1.165, 1.54) is 6.21 Å². The topological polar surface area (TPSA) is 102 Å². The van der Waals surface area contributed by atoms with Gasteiger partial charge in [-0.05, 0) is 66.9 Å². The molecule has 0 radical (unpaired) electrons. The molecule has 3 aromatic rings. The normalized spacial score (nSPS) is 10.5. The van der Waals surface area contributed by atoms with E-state index < -0.39 is 5.91 Å². The molecule has 3 aromatic carbocycles. The second kappa shape index (κ2) is 10.2. The monoisotopic (exact) mass is 421 g/mol. The Balaban J connectivity index is 0.000000225. The smallest absolute Gasteiger partial charge is 0.275 e. The van der Waals surface area contributed by atoms with Gasteiger partial charge in [0.25, 0.3) is 11.8 Å². The van der Waals surface area contributed by atoms with Crippen molar-refractivity contribution in [2.45, 2.75) is 20.8 Å². The van der Waals surface area contributed by atoms with E-state index in [0.717, 1.165) is 16.3 Å². The molecule has 0 aliphatic rings. The molecule has 0 aromatic heterocycles. The summed E-state index contributed by atoms with van der Waals surface area (Å²) in [5.74, 6) is -0.151. The minimum atomic E-state index is -0.413. The zero-order chi connectivity index (χ0) is 23.1. The van der Waals surface area contributed by atoms with Gasteiger partial charge in [-0.1, -0.05) is 24.3 Å². The Morgan fingerprint density at radius 1 is 1.03 bits per heavy atom. The Labute approximate surface area is 181 Å². The number of phenols is 2. The number of rotatable bonds is 3. The average molecular weight is 421 g/mol. The first kappa shape index (κ1) is 23.4. The maximum atomic E-state index is 11.8. The minimum Gasteiger partial charge on any atom is -0.508 e. The molecule has 162 valence electrons. The van der Waals surface area contributed by atoms with Crippen LogP contribution in [0.25, 0.3) is 10.8 Å². The zero-order valence-electron chi connectivity index (χ0n) is 18.3. The van der Waals surface area contributed by atoms with Crippen LogP contribution in [-0.2, 0) is 0 Å². The van der Waals surface area contributed by atoms with Crippen molar-refractivity contribution in [2.24, 2.45) is 5.10 Å². The van der Waals surface area contributed by atoms with E-state index >= 15 is 0 Å². The molecule has 0 aliphatic carbocycles. The van der Waals surface area contributed by atoms with Crippen molar-refractivity contribution < 1.29 is 19.8 Å². The number of aromatic hydroxyl groups is 2. The van der Waals surface area contributed by atoms with E-state index in [-0.39, 0.29) is 23.0 Å². The fourth-order valence-corrected chi connectivity index (χ4v) is 2.89. The predicted molar refractivity (Wildman–Crippen MR) is 123 cm³/mol. The third-order valence-corrected chi connectivity index (χ3v) is 4.69. The SMILES string of the molecule is C/C=N\NC(=O)c1cccc(C)c1O.Cc1c(O)ccc2cc(C(=O)N(C)C)ccc12. The molecule has 2 amide bonds. The van der Waals surface area contributed by atoms with Crippen molar-refractivity contribution in [1.29, 1.82) is 0 Å². The molecule has 0 spiro atoms. The molecule has 7 heteroatoms. The van der Waals surface area contributed by atoms with Gasteiger partial charge in [0.15, 0.2) is 0 Å². The van der Waals surface area contributed by atoms with Crippen LogP contribution in [0.4, 0.5) is 0 Å². The molecule has 7 nitrogen and oxygen atoms in total. The number of hydrazone groups is 1. The molecule has 3 N–H and O–H groups in total. The Hall–Kier alpha value is -3.87. The molecule has 0 aliphatic heterocycles. The van der Waals surface area contributed by atoms with E-state index in [1.54, 1.807) is 63.2 Å². The Morgan fingerprint density at radius 2 is 1.74 bits per heavy atom. The first-order valence-corrected chi connectivity index (χ1v) is 9.68. The minimum absolute atomic E-state index is 0.00342. The van der Waals surface area contributed by atoms with Gasteiger partial charge in [0, 0.05) is 25.9 Å². The van der Waals surface area contributed by atoms with Crippen molar-refractivity contribution in [3.8, 4) is 11.5 Å². The lowest BCUT2D eigenvalue weighted by molar-refractivity contribution is 0.0827. The molecule has 0 saturated heterocycles. The number of carbonyl (C=O) groups excluding carboxylic acids is 2. The number of aryl methyl sites for hydroxylation is 2. The number of hydrogen-bond donors (Lipinski definition) is 3. The van der Waals surface area contributed by atoms with Crippen molar-refractivity contribution in [1.82, 2.24) is 10.3 Å². The van der Waals surface area contributed by atoms with Gasteiger partial charge in [-0.3, -0.25) is 9.59 Å². The number of phenolic OH excluding ortho intramolecular Hbond substituents is 2. The van der Waals surface area contributed by atoms with Crippen molar-refractivity contribution in [3.63, 3.8) is 0 Å². The van der Waals surface area contributed by atoms with Crippen molar-refractivity contribution >= 4 is 28.8 Å². The first-order chi connectivity index (χ1) is 14.7. The number of nitrogens with one attached hydrogen (secondary N) is 1. The van der Waals surface area contributed by atoms with Gasteiger partial charge in [0.2, 0.25) is 0 Å². The summed E-state index contributed by atoms with van der Waals surface area (Å²) in [5.41, 5.74) is 4.68. The Bertz CT molecular complexity index is 1140. The molecule has 0 saturated carbocycles. The fourth-order valence-electron chi connectivity index (χ4n) is 2.89. The summed E-state index contributed by atoms with van der Waals surface area (Å²) < 4.78 is 0. The average Bonchev–Trinajstić information content (AvgIpc) is 2.76. The molecule has 0 unspecified atom stereocenters. The zero-order valence-corrected chi connectivity index (χ0v) is 18.3. The van der Waals surface area contributed by atoms with E-state index in [9.17, 15) is 19.8 Å². The number of carbonyl (C=O) groups is 2. The van der Waals surface area contributed by atoms with E-state index in [0.29, 0.717) is 11.1 Å². The lowest BCUT2D eigenvalue weighted by Gasteiger charge is -2.11. The Kier molecular flexibility index (Phi) is 7.74. The van der Waals surface area contributed by atoms with Crippen LogP contribution in [0, 0.1) is 13.8 Å². The highest BCUT2D eigenvalue weighted by molar-refractivity contribution is 5.99. The maximum Gasteiger partial charge on any atom is 0.275 e. The van der Waals surface area contributed by atoms with Gasteiger partial charge < -0.3 is 15.1 Å². The largest absolute Gasteiger partial charge is 0.508 e. The summed E-state index contributed by atoms with van der Waals surface area (Å²) in [5, 5.41) is 24.7. The third kappa shape index (κ3) is 5.60. The highest BCUT2D eigenvalue weighted by atomic mass is 16.3. The van der Waals surface area contributed by atoms with Gasteiger partial charge in [0.1, 0.15) is 11.5 Å². The summed E-state index contributed by atoms with van der Waals surface area (Å²) in [4.78, 5) is 24.8. The van der Waals surface area contributed by atoms with E-state index in [1.807, 2.05) is 25.1 Å². The predicted octanol–water partition coefficient (Wildman–Crippen LogP) is 3.99. The molecule has 3 rings (SSSR count). The maximum absolute atomic E-state index is 11.8. The number of hydrogen-bond acceptors (Lipinski definition) is 5. The highest BCUT2D eigenvalue weighted by Crippen LogP contribution is 2.27. The number of amides is 2. The molecule has 0 fully saturated rings. The quantitative estimate of drug-likeness (QED) is 0.439. The van der Waals surface area contributed by atoms with E-state index in [2.05, 4.69) is 10.5 Å². The number of fused-ring (bicyclic) bond motifs is 1. The lowest BCUT2D eigenvalue weighted by atomic mass is 10.0.